The molecule has 1 heterocycles. The van der Waals surface area contributed by atoms with Crippen LogP contribution >= 0.6 is 0 Å². The third-order valence-electron chi connectivity index (χ3n) is 2.56. The number of amides is 1. The highest BCUT2D eigenvalue weighted by atomic mass is 16.6. The van der Waals surface area contributed by atoms with Gasteiger partial charge >= 0.3 is 6.09 Å². The van der Waals surface area contributed by atoms with Gasteiger partial charge in [0.15, 0.2) is 0 Å². The Bertz CT molecular complexity index is 249. The first-order valence-corrected chi connectivity index (χ1v) is 5.63. The second kappa shape index (κ2) is 5.01. The fourth-order valence-electron chi connectivity index (χ4n) is 1.86. The average molecular weight is 231 g/mol. The first kappa shape index (κ1) is 13.3. The van der Waals surface area contributed by atoms with E-state index in [2.05, 4.69) is 0 Å². The van der Waals surface area contributed by atoms with Crippen LogP contribution < -0.4 is 0 Å². The van der Waals surface area contributed by atoms with Crippen LogP contribution in [-0.4, -0.2) is 52.1 Å². The van der Waals surface area contributed by atoms with Gasteiger partial charge in [-0.25, -0.2) is 4.79 Å². The molecule has 2 N–H and O–H groups in total. The Morgan fingerprint density at radius 3 is 2.69 bits per heavy atom. The van der Waals surface area contributed by atoms with E-state index in [1.54, 1.807) is 20.8 Å². The van der Waals surface area contributed by atoms with Crippen LogP contribution in [0.4, 0.5) is 4.79 Å². The van der Waals surface area contributed by atoms with E-state index in [1.165, 1.54) is 4.90 Å². The molecule has 0 aromatic heterocycles. The summed E-state index contributed by atoms with van der Waals surface area (Å²) < 4.78 is 5.24. The van der Waals surface area contributed by atoms with Gasteiger partial charge in [0, 0.05) is 6.54 Å². The second-order valence-electron chi connectivity index (χ2n) is 5.13. The van der Waals surface area contributed by atoms with Crippen LogP contribution in [0.2, 0.25) is 0 Å². The summed E-state index contributed by atoms with van der Waals surface area (Å²) in [4.78, 5) is 13.3. The molecule has 0 aromatic rings. The zero-order chi connectivity index (χ0) is 12.3. The third kappa shape index (κ3) is 3.35. The molecule has 5 heteroatoms. The summed E-state index contributed by atoms with van der Waals surface area (Å²) >= 11 is 0. The summed E-state index contributed by atoms with van der Waals surface area (Å²) in [7, 11) is 0. The molecular formula is C11H21NO4. The summed E-state index contributed by atoms with van der Waals surface area (Å²) in [6.45, 7) is 5.66. The van der Waals surface area contributed by atoms with Crippen LogP contribution in [0.1, 0.15) is 33.6 Å². The van der Waals surface area contributed by atoms with E-state index in [0.717, 1.165) is 6.42 Å². The molecule has 1 aliphatic heterocycles. The molecule has 0 aliphatic carbocycles. The van der Waals surface area contributed by atoms with Crippen molar-refractivity contribution in [3.8, 4) is 0 Å². The van der Waals surface area contributed by atoms with Gasteiger partial charge in [-0.2, -0.15) is 0 Å². The molecule has 1 rings (SSSR count). The van der Waals surface area contributed by atoms with Crippen molar-refractivity contribution in [2.24, 2.45) is 0 Å². The topological polar surface area (TPSA) is 70.0 Å². The van der Waals surface area contributed by atoms with Gasteiger partial charge in [-0.1, -0.05) is 0 Å². The van der Waals surface area contributed by atoms with Crippen molar-refractivity contribution >= 4 is 6.09 Å². The van der Waals surface area contributed by atoms with Crippen molar-refractivity contribution in [3.63, 3.8) is 0 Å². The molecule has 0 spiro atoms. The second-order valence-corrected chi connectivity index (χ2v) is 5.13. The monoisotopic (exact) mass is 231 g/mol. The highest BCUT2D eigenvalue weighted by molar-refractivity contribution is 5.69. The number of nitrogens with zero attached hydrogens (tertiary/aromatic N) is 1. The molecule has 0 bridgehead atoms. The van der Waals surface area contributed by atoms with Crippen molar-refractivity contribution in [2.75, 3.05) is 13.2 Å². The van der Waals surface area contributed by atoms with Gasteiger partial charge in [0.05, 0.1) is 18.8 Å². The van der Waals surface area contributed by atoms with Gasteiger partial charge in [-0.3, -0.25) is 0 Å². The van der Waals surface area contributed by atoms with Crippen LogP contribution in [0.5, 0.6) is 0 Å². The Morgan fingerprint density at radius 1 is 1.56 bits per heavy atom. The van der Waals surface area contributed by atoms with Crippen molar-refractivity contribution in [3.05, 3.63) is 0 Å². The molecule has 1 aliphatic rings. The van der Waals surface area contributed by atoms with Crippen molar-refractivity contribution in [1.29, 1.82) is 0 Å². The first-order chi connectivity index (χ1) is 7.35. The van der Waals surface area contributed by atoms with Gasteiger partial charge in [0.1, 0.15) is 5.60 Å². The Balaban J connectivity index is 2.61. The van der Waals surface area contributed by atoms with Crippen LogP contribution in [0.25, 0.3) is 0 Å². The summed E-state index contributed by atoms with van der Waals surface area (Å²) in [5, 5.41) is 18.5. The van der Waals surface area contributed by atoms with Gasteiger partial charge in [0.25, 0.3) is 0 Å². The molecule has 16 heavy (non-hydrogen) atoms. The maximum atomic E-state index is 11.8. The van der Waals surface area contributed by atoms with Crippen LogP contribution in [0.3, 0.4) is 0 Å². The number of ether oxygens (including phenoxy) is 1. The predicted molar refractivity (Wildman–Crippen MR) is 59.1 cm³/mol. The van der Waals surface area contributed by atoms with Gasteiger partial charge in [-0.05, 0) is 33.6 Å². The lowest BCUT2D eigenvalue weighted by Gasteiger charge is -2.30. The molecule has 5 nitrogen and oxygen atoms in total. The van der Waals surface area contributed by atoms with E-state index in [9.17, 15) is 9.90 Å². The lowest BCUT2D eigenvalue weighted by atomic mass is 10.1. The molecular weight excluding hydrogens is 210 g/mol. The van der Waals surface area contributed by atoms with E-state index in [1.807, 2.05) is 0 Å². The maximum Gasteiger partial charge on any atom is 0.410 e. The molecule has 94 valence electrons. The lowest BCUT2D eigenvalue weighted by Crippen LogP contribution is -2.46. The predicted octanol–water partition coefficient (Wildman–Crippen LogP) is 0.739. The standard InChI is InChI=1S/C11H21NO4/c1-11(2,3)16-10(15)12-6-4-5-8(12)9(14)7-13/h8-9,13-14H,4-7H2,1-3H3/t8-,9+/m1/s1. The van der Waals surface area contributed by atoms with Crippen molar-refractivity contribution in [2.45, 2.75) is 51.4 Å². The van der Waals surface area contributed by atoms with Crippen molar-refractivity contribution < 1.29 is 19.7 Å². The number of carbonyl (C=O) groups is 1. The molecule has 1 amide bonds. The largest absolute Gasteiger partial charge is 0.444 e. The summed E-state index contributed by atoms with van der Waals surface area (Å²) in [5.74, 6) is 0. The third-order valence-corrected chi connectivity index (χ3v) is 2.56. The summed E-state index contributed by atoms with van der Waals surface area (Å²) in [6, 6.07) is -0.320. The fraction of sp³-hybridized carbons (Fsp3) is 0.909. The Kier molecular flexibility index (Phi) is 4.15. The number of aliphatic hydroxyl groups is 2. The van der Waals surface area contributed by atoms with Gasteiger partial charge in [-0.15, -0.1) is 0 Å². The molecule has 0 saturated carbocycles. The molecule has 0 unspecified atom stereocenters. The Labute approximate surface area is 96.0 Å². The lowest BCUT2D eigenvalue weighted by molar-refractivity contribution is -0.00623. The maximum absolute atomic E-state index is 11.8. The normalized spacial score (nSPS) is 23.3. The minimum Gasteiger partial charge on any atom is -0.444 e. The number of hydrogen-bond donors (Lipinski definition) is 2. The Morgan fingerprint density at radius 2 is 2.19 bits per heavy atom. The van der Waals surface area contributed by atoms with Crippen molar-refractivity contribution in [1.82, 2.24) is 4.90 Å². The van der Waals surface area contributed by atoms with Crippen LogP contribution in [-0.2, 0) is 4.74 Å². The van der Waals surface area contributed by atoms with Crippen LogP contribution in [0, 0.1) is 0 Å². The number of aliphatic hydroxyl groups excluding tert-OH is 2. The first-order valence-electron chi connectivity index (χ1n) is 5.63. The minimum absolute atomic E-state index is 0.320. The SMILES string of the molecule is CC(C)(C)OC(=O)N1CCC[C@@H]1[C@@H](O)CO. The Hall–Kier alpha value is -0.810. The fourth-order valence-corrected chi connectivity index (χ4v) is 1.86. The number of likely N-dealkylation sites (tertiary alicyclic amines) is 1. The molecule has 1 saturated heterocycles. The van der Waals surface area contributed by atoms with E-state index in [-0.39, 0.29) is 12.6 Å². The molecule has 2 atom stereocenters. The number of carbonyl (C=O) groups excluding carboxylic acids is 1. The minimum atomic E-state index is -0.880. The summed E-state index contributed by atoms with van der Waals surface area (Å²) in [6.07, 6.45) is 0.250. The quantitative estimate of drug-likeness (QED) is 0.735. The zero-order valence-corrected chi connectivity index (χ0v) is 10.1. The smallest absolute Gasteiger partial charge is 0.410 e. The van der Waals surface area contributed by atoms with E-state index >= 15 is 0 Å². The molecule has 0 aromatic carbocycles. The molecule has 1 fully saturated rings. The average Bonchev–Trinajstić information content (AvgIpc) is 2.62. The zero-order valence-electron chi connectivity index (χ0n) is 10.1. The number of hydrogen-bond acceptors (Lipinski definition) is 4. The van der Waals surface area contributed by atoms with E-state index in [4.69, 9.17) is 9.84 Å². The van der Waals surface area contributed by atoms with Crippen LogP contribution in [0.15, 0.2) is 0 Å². The number of rotatable bonds is 2. The highest BCUT2D eigenvalue weighted by Gasteiger charge is 2.35. The molecule has 0 radical (unpaired) electrons. The highest BCUT2D eigenvalue weighted by Crippen LogP contribution is 2.22. The summed E-state index contributed by atoms with van der Waals surface area (Å²) in [5.41, 5.74) is -0.533. The van der Waals surface area contributed by atoms with Gasteiger partial charge in [0.2, 0.25) is 0 Å². The van der Waals surface area contributed by atoms with Gasteiger partial charge < -0.3 is 19.8 Å². The van der Waals surface area contributed by atoms with E-state index in [0.29, 0.717) is 13.0 Å². The van der Waals surface area contributed by atoms with E-state index < -0.39 is 17.8 Å².